The van der Waals surface area contributed by atoms with Gasteiger partial charge in [-0.3, -0.25) is 9.78 Å². The van der Waals surface area contributed by atoms with Crippen molar-refractivity contribution in [1.29, 1.82) is 0 Å². The molecule has 0 radical (unpaired) electrons. The maximum absolute atomic E-state index is 11.9. The van der Waals surface area contributed by atoms with E-state index in [-0.39, 0.29) is 5.91 Å². The summed E-state index contributed by atoms with van der Waals surface area (Å²) in [5.41, 5.74) is 3.60. The SMILES string of the molecule is C=CCOc1c(Br)cc(Br)cc1/C=N\NC(=O)c1cccnc1. The molecule has 2 aromatic rings. The summed E-state index contributed by atoms with van der Waals surface area (Å²) in [6.45, 7) is 3.99. The molecule has 0 aliphatic carbocycles. The van der Waals surface area contributed by atoms with E-state index in [1.807, 2.05) is 12.1 Å². The van der Waals surface area contributed by atoms with Crippen molar-refractivity contribution in [2.24, 2.45) is 5.10 Å². The number of ether oxygens (including phenoxy) is 1. The van der Waals surface area contributed by atoms with Crippen molar-refractivity contribution in [3.05, 3.63) is 69.4 Å². The van der Waals surface area contributed by atoms with Crippen molar-refractivity contribution in [1.82, 2.24) is 10.4 Å². The molecular weight excluding hydrogens is 426 g/mol. The molecule has 0 spiro atoms. The molecule has 0 atom stereocenters. The molecule has 1 aromatic carbocycles. The predicted octanol–water partition coefficient (Wildman–Crippen LogP) is 3.94. The van der Waals surface area contributed by atoms with Gasteiger partial charge in [0.2, 0.25) is 0 Å². The van der Waals surface area contributed by atoms with Gasteiger partial charge in [-0.1, -0.05) is 28.6 Å². The van der Waals surface area contributed by atoms with Crippen LogP contribution in [-0.4, -0.2) is 23.7 Å². The topological polar surface area (TPSA) is 63.6 Å². The summed E-state index contributed by atoms with van der Waals surface area (Å²) < 4.78 is 7.24. The molecule has 1 heterocycles. The zero-order chi connectivity index (χ0) is 16.7. The van der Waals surface area contributed by atoms with Crippen LogP contribution >= 0.6 is 31.9 Å². The van der Waals surface area contributed by atoms with E-state index < -0.39 is 0 Å². The van der Waals surface area contributed by atoms with E-state index in [2.05, 4.69) is 54.0 Å². The number of pyridine rings is 1. The number of hydrogen-bond acceptors (Lipinski definition) is 4. The van der Waals surface area contributed by atoms with Gasteiger partial charge in [-0.25, -0.2) is 5.43 Å². The van der Waals surface area contributed by atoms with Gasteiger partial charge in [-0.15, -0.1) is 0 Å². The average molecular weight is 439 g/mol. The number of rotatable bonds is 6. The van der Waals surface area contributed by atoms with Crippen LogP contribution < -0.4 is 10.2 Å². The van der Waals surface area contributed by atoms with Gasteiger partial charge in [0.15, 0.2) is 0 Å². The largest absolute Gasteiger partial charge is 0.488 e. The van der Waals surface area contributed by atoms with Crippen LogP contribution in [0, 0.1) is 0 Å². The van der Waals surface area contributed by atoms with Gasteiger partial charge in [0.05, 0.1) is 16.3 Å². The average Bonchev–Trinajstić information content (AvgIpc) is 2.54. The Morgan fingerprint density at radius 2 is 2.26 bits per heavy atom. The zero-order valence-corrected chi connectivity index (χ0v) is 15.2. The van der Waals surface area contributed by atoms with E-state index in [0.29, 0.717) is 23.5 Å². The normalized spacial score (nSPS) is 10.5. The highest BCUT2D eigenvalue weighted by Crippen LogP contribution is 2.32. The Kier molecular flexibility index (Phi) is 6.49. The molecular formula is C16H13Br2N3O2. The van der Waals surface area contributed by atoms with Gasteiger partial charge in [-0.2, -0.15) is 5.10 Å². The van der Waals surface area contributed by atoms with E-state index in [0.717, 1.165) is 8.95 Å². The number of nitrogens with zero attached hydrogens (tertiary/aromatic N) is 2. The summed E-state index contributed by atoms with van der Waals surface area (Å²) in [4.78, 5) is 15.8. The number of benzene rings is 1. The van der Waals surface area contributed by atoms with Crippen LogP contribution in [0.15, 0.2) is 63.4 Å². The van der Waals surface area contributed by atoms with Crippen LogP contribution in [0.4, 0.5) is 0 Å². The lowest BCUT2D eigenvalue weighted by Crippen LogP contribution is -2.17. The van der Waals surface area contributed by atoms with Crippen LogP contribution in [-0.2, 0) is 0 Å². The predicted molar refractivity (Wildman–Crippen MR) is 96.8 cm³/mol. The molecule has 1 amide bonds. The molecule has 118 valence electrons. The van der Waals surface area contributed by atoms with Crippen molar-refractivity contribution in [2.75, 3.05) is 6.61 Å². The lowest BCUT2D eigenvalue weighted by molar-refractivity contribution is 0.0955. The molecule has 1 N–H and O–H groups in total. The highest BCUT2D eigenvalue weighted by atomic mass is 79.9. The summed E-state index contributed by atoms with van der Waals surface area (Å²) >= 11 is 6.85. The Labute approximate surface area is 150 Å². The molecule has 0 unspecified atom stereocenters. The number of aromatic nitrogens is 1. The number of hydrazone groups is 1. The smallest absolute Gasteiger partial charge is 0.272 e. The molecule has 1 aromatic heterocycles. The van der Waals surface area contributed by atoms with E-state index in [1.54, 1.807) is 24.4 Å². The van der Waals surface area contributed by atoms with E-state index in [4.69, 9.17) is 4.74 Å². The molecule has 0 saturated carbocycles. The second-order valence-corrected chi connectivity index (χ2v) is 6.12. The second-order valence-electron chi connectivity index (χ2n) is 4.35. The minimum atomic E-state index is -0.336. The molecule has 23 heavy (non-hydrogen) atoms. The first-order valence-corrected chi connectivity index (χ1v) is 8.16. The minimum Gasteiger partial charge on any atom is -0.488 e. The third kappa shape index (κ3) is 5.01. The summed E-state index contributed by atoms with van der Waals surface area (Å²) in [7, 11) is 0. The van der Waals surface area contributed by atoms with E-state index in [9.17, 15) is 4.79 Å². The number of halogens is 2. The van der Waals surface area contributed by atoms with Crippen LogP contribution in [0.3, 0.4) is 0 Å². The molecule has 0 saturated heterocycles. The fraction of sp³-hybridized carbons (Fsp3) is 0.0625. The van der Waals surface area contributed by atoms with Crippen LogP contribution in [0.25, 0.3) is 0 Å². The minimum absolute atomic E-state index is 0.336. The maximum Gasteiger partial charge on any atom is 0.272 e. The molecule has 0 aliphatic heterocycles. The summed E-state index contributed by atoms with van der Waals surface area (Å²) in [6.07, 6.45) is 6.24. The van der Waals surface area contributed by atoms with Crippen molar-refractivity contribution in [3.63, 3.8) is 0 Å². The van der Waals surface area contributed by atoms with Crippen LogP contribution in [0.5, 0.6) is 5.75 Å². The second kappa shape index (κ2) is 8.59. The molecule has 2 rings (SSSR count). The lowest BCUT2D eigenvalue weighted by Gasteiger charge is -2.10. The van der Waals surface area contributed by atoms with Crippen molar-refractivity contribution < 1.29 is 9.53 Å². The van der Waals surface area contributed by atoms with E-state index in [1.165, 1.54) is 12.4 Å². The number of nitrogens with one attached hydrogen (secondary N) is 1. The van der Waals surface area contributed by atoms with Gasteiger partial charge >= 0.3 is 0 Å². The van der Waals surface area contributed by atoms with Gasteiger partial charge in [-0.05, 0) is 40.2 Å². The summed E-state index contributed by atoms with van der Waals surface area (Å²) in [5.74, 6) is 0.282. The fourth-order valence-corrected chi connectivity index (χ4v) is 3.07. The number of hydrogen-bond donors (Lipinski definition) is 1. The monoisotopic (exact) mass is 437 g/mol. The van der Waals surface area contributed by atoms with Gasteiger partial charge in [0.1, 0.15) is 12.4 Å². The summed E-state index contributed by atoms with van der Waals surface area (Å²) in [6, 6.07) is 7.05. The first-order chi connectivity index (χ1) is 11.1. The zero-order valence-electron chi connectivity index (χ0n) is 12.0. The molecule has 7 heteroatoms. The van der Waals surface area contributed by atoms with Crippen molar-refractivity contribution >= 4 is 44.0 Å². The lowest BCUT2D eigenvalue weighted by atomic mass is 10.2. The molecule has 0 fully saturated rings. The van der Waals surface area contributed by atoms with Crippen molar-refractivity contribution in [3.8, 4) is 5.75 Å². The Morgan fingerprint density at radius 3 is 2.96 bits per heavy atom. The third-order valence-electron chi connectivity index (χ3n) is 2.68. The van der Waals surface area contributed by atoms with Crippen molar-refractivity contribution in [2.45, 2.75) is 0 Å². The number of amides is 1. The summed E-state index contributed by atoms with van der Waals surface area (Å²) in [5, 5.41) is 3.97. The molecule has 5 nitrogen and oxygen atoms in total. The van der Waals surface area contributed by atoms with Gasteiger partial charge in [0, 0.05) is 22.4 Å². The van der Waals surface area contributed by atoms with Crippen LogP contribution in [0.2, 0.25) is 0 Å². The molecule has 0 bridgehead atoms. The Hall–Kier alpha value is -1.99. The first-order valence-electron chi connectivity index (χ1n) is 6.58. The number of carbonyl (C=O) groups excluding carboxylic acids is 1. The Bertz CT molecular complexity index is 734. The fourth-order valence-electron chi connectivity index (χ4n) is 1.69. The number of carbonyl (C=O) groups is 1. The molecule has 0 aliphatic rings. The highest BCUT2D eigenvalue weighted by Gasteiger charge is 2.09. The Balaban J connectivity index is 2.15. The highest BCUT2D eigenvalue weighted by molar-refractivity contribution is 9.11. The standard InChI is InChI=1S/C16H13Br2N3O2/c1-2-6-23-15-12(7-13(17)8-14(15)18)10-20-21-16(22)11-4-3-5-19-9-11/h2-5,7-10H,1,6H2,(H,21,22)/b20-10-. The van der Waals surface area contributed by atoms with E-state index >= 15 is 0 Å². The first kappa shape index (κ1) is 17.4. The third-order valence-corrected chi connectivity index (χ3v) is 3.72. The quantitative estimate of drug-likeness (QED) is 0.422. The van der Waals surface area contributed by atoms with Gasteiger partial charge < -0.3 is 4.74 Å². The Morgan fingerprint density at radius 1 is 1.43 bits per heavy atom. The van der Waals surface area contributed by atoms with Gasteiger partial charge in [0.25, 0.3) is 5.91 Å². The maximum atomic E-state index is 11.9. The van der Waals surface area contributed by atoms with Crippen LogP contribution in [0.1, 0.15) is 15.9 Å².